The molecule has 17 heavy (non-hydrogen) atoms. The van der Waals surface area contributed by atoms with Crippen LogP contribution in [0.1, 0.15) is 6.42 Å². The second-order valence-corrected chi connectivity index (χ2v) is 4.53. The lowest BCUT2D eigenvalue weighted by atomic mass is 10.3. The van der Waals surface area contributed by atoms with Gasteiger partial charge in [-0.3, -0.25) is 14.9 Å². The predicted octanol–water partition coefficient (Wildman–Crippen LogP) is 2.95. The Kier molecular flexibility index (Phi) is 4.71. The number of carboxylic acids is 1. The number of nitrogens with zero attached hydrogens (tertiary/aromatic N) is 1. The Morgan fingerprint density at radius 2 is 2.24 bits per heavy atom. The maximum atomic E-state index is 13.0. The first kappa shape index (κ1) is 13.7. The van der Waals surface area contributed by atoms with Crippen LogP contribution >= 0.6 is 23.4 Å². The topological polar surface area (TPSA) is 80.4 Å². The third-order valence-electron chi connectivity index (χ3n) is 1.77. The number of carboxylic acid groups (broad SMARTS) is 1. The summed E-state index contributed by atoms with van der Waals surface area (Å²) in [5, 5.41) is 18.9. The minimum absolute atomic E-state index is 0.142. The number of nitro benzene ring substituents is 1. The van der Waals surface area contributed by atoms with Gasteiger partial charge in [0.15, 0.2) is 0 Å². The van der Waals surface area contributed by atoms with Gasteiger partial charge in [0.25, 0.3) is 5.69 Å². The highest BCUT2D eigenvalue weighted by atomic mass is 35.5. The maximum absolute atomic E-state index is 13.0. The first-order valence-electron chi connectivity index (χ1n) is 4.40. The second kappa shape index (κ2) is 5.83. The second-order valence-electron chi connectivity index (χ2n) is 2.98. The summed E-state index contributed by atoms with van der Waals surface area (Å²) in [6.45, 7) is 0. The molecule has 0 radical (unpaired) electrons. The normalized spacial score (nSPS) is 10.2. The van der Waals surface area contributed by atoms with Gasteiger partial charge in [-0.1, -0.05) is 11.6 Å². The monoisotopic (exact) mass is 279 g/mol. The average Bonchev–Trinajstić information content (AvgIpc) is 2.22. The Morgan fingerprint density at radius 3 is 2.76 bits per heavy atom. The van der Waals surface area contributed by atoms with Crippen molar-refractivity contribution >= 4 is 35.0 Å². The minimum atomic E-state index is -1.01. The Bertz CT molecular complexity index is 469. The van der Waals surface area contributed by atoms with E-state index >= 15 is 0 Å². The molecule has 5 nitrogen and oxygen atoms in total. The van der Waals surface area contributed by atoms with Gasteiger partial charge in [0.1, 0.15) is 5.82 Å². The fourth-order valence-electron chi connectivity index (χ4n) is 1.02. The van der Waals surface area contributed by atoms with E-state index in [1.165, 1.54) is 0 Å². The average molecular weight is 280 g/mol. The summed E-state index contributed by atoms with van der Waals surface area (Å²) in [4.78, 5) is 20.4. The van der Waals surface area contributed by atoms with Crippen molar-refractivity contribution in [1.29, 1.82) is 0 Å². The molecule has 1 aromatic rings. The van der Waals surface area contributed by atoms with Crippen molar-refractivity contribution < 1.29 is 19.2 Å². The molecule has 0 saturated heterocycles. The summed E-state index contributed by atoms with van der Waals surface area (Å²) in [6, 6.07) is 1.85. The smallest absolute Gasteiger partial charge is 0.304 e. The molecule has 0 amide bonds. The van der Waals surface area contributed by atoms with E-state index in [-0.39, 0.29) is 22.1 Å². The number of aliphatic carboxylic acids is 1. The van der Waals surface area contributed by atoms with Gasteiger partial charge < -0.3 is 5.11 Å². The number of halogens is 2. The van der Waals surface area contributed by atoms with E-state index in [9.17, 15) is 19.3 Å². The van der Waals surface area contributed by atoms with Crippen LogP contribution in [-0.2, 0) is 4.79 Å². The molecule has 0 heterocycles. The summed E-state index contributed by atoms with van der Waals surface area (Å²) in [7, 11) is 0. The van der Waals surface area contributed by atoms with Crippen LogP contribution in [0.3, 0.4) is 0 Å². The highest BCUT2D eigenvalue weighted by Gasteiger charge is 2.18. The molecule has 0 atom stereocenters. The maximum Gasteiger partial charge on any atom is 0.304 e. The number of carbonyl (C=O) groups is 1. The Morgan fingerprint density at radius 1 is 1.59 bits per heavy atom. The Hall–Kier alpha value is -1.34. The van der Waals surface area contributed by atoms with E-state index in [0.717, 1.165) is 23.9 Å². The van der Waals surface area contributed by atoms with Crippen molar-refractivity contribution in [3.63, 3.8) is 0 Å². The molecule has 0 saturated carbocycles. The van der Waals surface area contributed by atoms with Crippen molar-refractivity contribution in [3.05, 3.63) is 33.1 Å². The van der Waals surface area contributed by atoms with Gasteiger partial charge in [0.2, 0.25) is 0 Å². The summed E-state index contributed by atoms with van der Waals surface area (Å²) in [6.07, 6.45) is -0.142. The third kappa shape index (κ3) is 3.86. The van der Waals surface area contributed by atoms with Gasteiger partial charge in [-0.05, 0) is 6.07 Å². The zero-order valence-corrected chi connectivity index (χ0v) is 9.92. The van der Waals surface area contributed by atoms with Crippen LogP contribution in [0.25, 0.3) is 0 Å². The largest absolute Gasteiger partial charge is 0.481 e. The van der Waals surface area contributed by atoms with E-state index in [0.29, 0.717) is 0 Å². The van der Waals surface area contributed by atoms with Crippen molar-refractivity contribution in [2.45, 2.75) is 11.3 Å². The van der Waals surface area contributed by atoms with E-state index in [1.54, 1.807) is 0 Å². The molecule has 0 fully saturated rings. The summed E-state index contributed by atoms with van der Waals surface area (Å²) >= 11 is 6.46. The van der Waals surface area contributed by atoms with Crippen molar-refractivity contribution in [1.82, 2.24) is 0 Å². The third-order valence-corrected chi connectivity index (χ3v) is 3.11. The van der Waals surface area contributed by atoms with E-state index < -0.39 is 22.4 Å². The van der Waals surface area contributed by atoms with Gasteiger partial charge in [-0.2, -0.15) is 0 Å². The molecule has 1 N–H and O–H groups in total. The number of nitro groups is 1. The lowest BCUT2D eigenvalue weighted by Crippen LogP contribution is -1.97. The standard InChI is InChI=1S/C9H7ClFNO4S/c10-5-3-8(17-2-1-9(13)14)7(12(15)16)4-6(5)11/h3-4H,1-2H2,(H,13,14). The molecule has 0 unspecified atom stereocenters. The molecule has 0 spiro atoms. The van der Waals surface area contributed by atoms with E-state index in [4.69, 9.17) is 16.7 Å². The van der Waals surface area contributed by atoms with Crippen molar-refractivity contribution in [3.8, 4) is 0 Å². The SMILES string of the molecule is O=C(O)CCSc1cc(Cl)c(F)cc1[N+](=O)[O-]. The molecule has 0 bridgehead atoms. The van der Waals surface area contributed by atoms with Crippen LogP contribution in [0.4, 0.5) is 10.1 Å². The molecular formula is C9H7ClFNO4S. The Balaban J connectivity index is 2.92. The highest BCUT2D eigenvalue weighted by molar-refractivity contribution is 7.99. The highest BCUT2D eigenvalue weighted by Crippen LogP contribution is 2.33. The fourth-order valence-corrected chi connectivity index (χ4v) is 2.23. The number of hydrogen-bond donors (Lipinski definition) is 1. The van der Waals surface area contributed by atoms with Gasteiger partial charge in [-0.25, -0.2) is 4.39 Å². The van der Waals surface area contributed by atoms with Crippen LogP contribution in [0, 0.1) is 15.9 Å². The first-order valence-corrected chi connectivity index (χ1v) is 5.76. The molecule has 1 aromatic carbocycles. The van der Waals surface area contributed by atoms with Crippen molar-refractivity contribution in [2.24, 2.45) is 0 Å². The molecule has 1 rings (SSSR count). The number of rotatable bonds is 5. The predicted molar refractivity (Wildman–Crippen MR) is 61.0 cm³/mol. The number of hydrogen-bond acceptors (Lipinski definition) is 4. The molecule has 0 aliphatic rings. The molecular weight excluding hydrogens is 273 g/mol. The van der Waals surface area contributed by atoms with Crippen LogP contribution in [-0.4, -0.2) is 21.8 Å². The minimum Gasteiger partial charge on any atom is -0.481 e. The van der Waals surface area contributed by atoms with Crippen LogP contribution < -0.4 is 0 Å². The van der Waals surface area contributed by atoms with Gasteiger partial charge in [0, 0.05) is 5.75 Å². The zero-order valence-electron chi connectivity index (χ0n) is 8.35. The van der Waals surface area contributed by atoms with Crippen molar-refractivity contribution in [2.75, 3.05) is 5.75 Å². The van der Waals surface area contributed by atoms with Crippen LogP contribution in [0.5, 0.6) is 0 Å². The first-order chi connectivity index (χ1) is 7.91. The molecule has 8 heteroatoms. The lowest BCUT2D eigenvalue weighted by molar-refractivity contribution is -0.387. The number of benzene rings is 1. The summed E-state index contributed by atoms with van der Waals surface area (Å²) in [5.41, 5.74) is -0.415. The molecule has 0 aliphatic carbocycles. The van der Waals surface area contributed by atoms with Gasteiger partial charge >= 0.3 is 5.97 Å². The summed E-state index contributed by atoms with van der Waals surface area (Å²) in [5.74, 6) is -1.73. The quantitative estimate of drug-likeness (QED) is 0.509. The molecule has 0 aliphatic heterocycles. The van der Waals surface area contributed by atoms with Crippen LogP contribution in [0.2, 0.25) is 5.02 Å². The summed E-state index contributed by atoms with van der Waals surface area (Å²) < 4.78 is 13.0. The van der Waals surface area contributed by atoms with E-state index in [1.807, 2.05) is 0 Å². The Labute approximate surface area is 105 Å². The van der Waals surface area contributed by atoms with Gasteiger partial charge in [-0.15, -0.1) is 11.8 Å². The molecule has 0 aromatic heterocycles. The zero-order chi connectivity index (χ0) is 13.0. The molecule has 92 valence electrons. The van der Waals surface area contributed by atoms with E-state index in [2.05, 4.69) is 0 Å². The fraction of sp³-hybridized carbons (Fsp3) is 0.222. The van der Waals surface area contributed by atoms with Crippen LogP contribution in [0.15, 0.2) is 17.0 Å². The lowest BCUT2D eigenvalue weighted by Gasteiger charge is -2.03. The number of thioether (sulfide) groups is 1. The van der Waals surface area contributed by atoms with Gasteiger partial charge in [0.05, 0.1) is 27.3 Å².